The quantitative estimate of drug-likeness (QED) is 0.566. The van der Waals surface area contributed by atoms with Gasteiger partial charge in [-0.15, -0.1) is 0 Å². The number of hydrogen-bond donors (Lipinski definition) is 0. The smallest absolute Gasteiger partial charge is 0.411 e. The maximum absolute atomic E-state index is 12.7. The van der Waals surface area contributed by atoms with Crippen LogP contribution in [-0.2, 0) is 23.8 Å². The lowest BCUT2D eigenvalue weighted by Gasteiger charge is -2.37. The van der Waals surface area contributed by atoms with Crippen molar-refractivity contribution < 1.29 is 28.6 Å². The first-order valence-corrected chi connectivity index (χ1v) is 8.38. The number of rotatable bonds is 2. The van der Waals surface area contributed by atoms with Gasteiger partial charge in [0.05, 0.1) is 7.11 Å². The zero-order chi connectivity index (χ0) is 18.1. The highest BCUT2D eigenvalue weighted by atomic mass is 16.6. The first-order valence-electron chi connectivity index (χ1n) is 8.38. The van der Waals surface area contributed by atoms with E-state index in [1.165, 1.54) is 18.9 Å². The third-order valence-corrected chi connectivity index (χ3v) is 4.54. The number of hydrogen-bond acceptors (Lipinski definition) is 6. The molecule has 1 aliphatic carbocycles. The predicted octanol–water partition coefficient (Wildman–Crippen LogP) is 2.27. The molecule has 0 unspecified atom stereocenters. The van der Waals surface area contributed by atoms with Crippen LogP contribution >= 0.6 is 0 Å². The van der Waals surface area contributed by atoms with E-state index in [9.17, 15) is 14.4 Å². The highest BCUT2D eigenvalue weighted by Gasteiger charge is 2.51. The Morgan fingerprint density at radius 1 is 1.08 bits per heavy atom. The Labute approximate surface area is 142 Å². The molecule has 0 N–H and O–H groups in total. The van der Waals surface area contributed by atoms with Gasteiger partial charge in [-0.3, -0.25) is 9.69 Å². The minimum Gasteiger partial charge on any atom is -0.467 e. The van der Waals surface area contributed by atoms with Crippen LogP contribution in [0.15, 0.2) is 0 Å². The zero-order valence-electron chi connectivity index (χ0n) is 15.0. The average Bonchev–Trinajstić information content (AvgIpc) is 2.82. The minimum absolute atomic E-state index is 0.179. The molecular formula is C17H27NO6. The molecule has 0 aromatic rings. The van der Waals surface area contributed by atoms with Crippen molar-refractivity contribution in [1.82, 2.24) is 4.90 Å². The molecule has 0 bridgehead atoms. The Bertz CT molecular complexity index is 512. The summed E-state index contributed by atoms with van der Waals surface area (Å²) in [6, 6.07) is -0.821. The Morgan fingerprint density at radius 2 is 1.75 bits per heavy atom. The highest BCUT2D eigenvalue weighted by molar-refractivity contribution is 5.82. The van der Waals surface area contributed by atoms with Gasteiger partial charge in [0, 0.05) is 19.4 Å². The molecule has 2 aliphatic rings. The van der Waals surface area contributed by atoms with Crippen molar-refractivity contribution in [2.75, 3.05) is 7.11 Å². The number of carbonyl (C=O) groups is 3. The van der Waals surface area contributed by atoms with Crippen molar-refractivity contribution in [3.8, 4) is 0 Å². The third kappa shape index (κ3) is 4.19. The van der Waals surface area contributed by atoms with Crippen LogP contribution in [0.4, 0.5) is 4.79 Å². The van der Waals surface area contributed by atoms with Crippen LogP contribution in [-0.4, -0.2) is 53.8 Å². The van der Waals surface area contributed by atoms with Gasteiger partial charge in [-0.05, 0) is 46.0 Å². The molecule has 2 fully saturated rings. The molecule has 1 saturated carbocycles. The van der Waals surface area contributed by atoms with Crippen LogP contribution in [0.25, 0.3) is 0 Å². The van der Waals surface area contributed by atoms with Crippen molar-refractivity contribution >= 4 is 18.0 Å². The number of likely N-dealkylation sites (tertiary alicyclic amines) is 1. The maximum atomic E-state index is 12.7. The van der Waals surface area contributed by atoms with Crippen molar-refractivity contribution in [1.29, 1.82) is 0 Å². The number of fused-ring (bicyclic) bond motifs is 1. The molecule has 7 heteroatoms. The van der Waals surface area contributed by atoms with E-state index < -0.39 is 23.7 Å². The van der Waals surface area contributed by atoms with E-state index in [1.807, 2.05) is 0 Å². The number of amides is 1. The zero-order valence-corrected chi connectivity index (χ0v) is 15.0. The lowest BCUT2D eigenvalue weighted by Crippen LogP contribution is -2.50. The standard InChI is InChI=1S/C17H27NO6/c1-10(19)23-12-7-6-11-8-14(15(20)22-5)18(13(11)9-12)16(21)24-17(2,3)4/h11-14H,6-9H2,1-5H3/t11-,12+,13-,14-/m0/s1. The van der Waals surface area contributed by atoms with Crippen molar-refractivity contribution in [3.05, 3.63) is 0 Å². The normalized spacial score (nSPS) is 29.6. The first-order chi connectivity index (χ1) is 11.1. The Morgan fingerprint density at radius 3 is 2.29 bits per heavy atom. The van der Waals surface area contributed by atoms with Gasteiger partial charge >= 0.3 is 18.0 Å². The van der Waals surface area contributed by atoms with Crippen molar-refractivity contribution in [3.63, 3.8) is 0 Å². The fourth-order valence-corrected chi connectivity index (χ4v) is 3.68. The van der Waals surface area contributed by atoms with E-state index in [0.29, 0.717) is 12.8 Å². The topological polar surface area (TPSA) is 82.1 Å². The summed E-state index contributed by atoms with van der Waals surface area (Å²) < 4.78 is 15.7. The number of esters is 2. The van der Waals surface area contributed by atoms with E-state index in [1.54, 1.807) is 20.8 Å². The fraction of sp³-hybridized carbons (Fsp3) is 0.824. The number of nitrogens with zero attached hydrogens (tertiary/aromatic N) is 1. The summed E-state index contributed by atoms with van der Waals surface area (Å²) in [4.78, 5) is 37.5. The van der Waals surface area contributed by atoms with E-state index >= 15 is 0 Å². The maximum Gasteiger partial charge on any atom is 0.411 e. The largest absolute Gasteiger partial charge is 0.467 e. The number of carbonyl (C=O) groups excluding carboxylic acids is 3. The molecule has 1 saturated heterocycles. The Balaban J connectivity index is 2.21. The van der Waals surface area contributed by atoms with Crippen LogP contribution in [0, 0.1) is 5.92 Å². The summed E-state index contributed by atoms with van der Waals surface area (Å²) in [5, 5.41) is 0. The second kappa shape index (κ2) is 6.99. The molecule has 1 heterocycles. The monoisotopic (exact) mass is 341 g/mol. The van der Waals surface area contributed by atoms with Crippen molar-refractivity contribution in [2.24, 2.45) is 5.92 Å². The lowest BCUT2D eigenvalue weighted by atomic mass is 9.83. The molecule has 24 heavy (non-hydrogen) atoms. The molecule has 0 spiro atoms. The van der Waals surface area contributed by atoms with Gasteiger partial charge in [-0.2, -0.15) is 0 Å². The van der Waals surface area contributed by atoms with E-state index in [4.69, 9.17) is 14.2 Å². The summed E-state index contributed by atoms with van der Waals surface area (Å²) in [6.45, 7) is 6.74. The molecule has 0 radical (unpaired) electrons. The Hall–Kier alpha value is -1.79. The minimum atomic E-state index is -0.653. The van der Waals surface area contributed by atoms with Crippen molar-refractivity contribution in [2.45, 2.75) is 77.2 Å². The van der Waals surface area contributed by atoms with Gasteiger partial charge in [-0.25, -0.2) is 9.59 Å². The summed E-state index contributed by atoms with van der Waals surface area (Å²) in [5.74, 6) is -0.572. The SMILES string of the molecule is COC(=O)[C@@H]1C[C@@H]2CC[C@@H](OC(C)=O)C[C@@H]2N1C(=O)OC(C)(C)C. The average molecular weight is 341 g/mol. The van der Waals surface area contributed by atoms with E-state index in [0.717, 1.165) is 12.8 Å². The molecular weight excluding hydrogens is 314 g/mol. The summed E-state index contributed by atoms with van der Waals surface area (Å²) >= 11 is 0. The highest BCUT2D eigenvalue weighted by Crippen LogP contribution is 2.41. The molecule has 1 aliphatic heterocycles. The second-order valence-electron chi connectivity index (χ2n) is 7.53. The molecule has 2 rings (SSSR count). The molecule has 0 aromatic heterocycles. The Kier molecular flexibility index (Phi) is 5.40. The van der Waals surface area contributed by atoms with Crippen LogP contribution in [0.5, 0.6) is 0 Å². The van der Waals surface area contributed by atoms with E-state index in [-0.39, 0.29) is 24.0 Å². The third-order valence-electron chi connectivity index (χ3n) is 4.54. The number of methoxy groups -OCH3 is 1. The van der Waals surface area contributed by atoms with Gasteiger partial charge in [-0.1, -0.05) is 0 Å². The van der Waals surface area contributed by atoms with Gasteiger partial charge < -0.3 is 14.2 Å². The fourth-order valence-electron chi connectivity index (χ4n) is 3.68. The van der Waals surface area contributed by atoms with E-state index in [2.05, 4.69) is 0 Å². The summed E-state index contributed by atoms with van der Waals surface area (Å²) in [7, 11) is 1.32. The van der Waals surface area contributed by atoms with Gasteiger partial charge in [0.15, 0.2) is 0 Å². The predicted molar refractivity (Wildman–Crippen MR) is 85.2 cm³/mol. The van der Waals surface area contributed by atoms with Gasteiger partial charge in [0.2, 0.25) is 0 Å². The van der Waals surface area contributed by atoms with Crippen LogP contribution in [0.2, 0.25) is 0 Å². The summed E-state index contributed by atoms with van der Waals surface area (Å²) in [5.41, 5.74) is -0.653. The van der Waals surface area contributed by atoms with Gasteiger partial charge in [0.1, 0.15) is 17.7 Å². The molecule has 136 valence electrons. The summed E-state index contributed by atoms with van der Waals surface area (Å²) in [6.07, 6.45) is 1.88. The van der Waals surface area contributed by atoms with Crippen LogP contribution in [0.3, 0.4) is 0 Å². The first kappa shape index (κ1) is 18.5. The lowest BCUT2D eigenvalue weighted by molar-refractivity contribution is -0.150. The molecule has 4 atom stereocenters. The van der Waals surface area contributed by atoms with Crippen LogP contribution in [0.1, 0.15) is 53.4 Å². The molecule has 0 aromatic carbocycles. The second-order valence-corrected chi connectivity index (χ2v) is 7.53. The number of ether oxygens (including phenoxy) is 3. The molecule has 1 amide bonds. The van der Waals surface area contributed by atoms with Gasteiger partial charge in [0.25, 0.3) is 0 Å². The molecule has 7 nitrogen and oxygen atoms in total. The van der Waals surface area contributed by atoms with Crippen LogP contribution < -0.4 is 0 Å².